The molecule has 0 aliphatic rings. The third kappa shape index (κ3) is 3.94. The van der Waals surface area contributed by atoms with Gasteiger partial charge in [0.25, 0.3) is 0 Å². The van der Waals surface area contributed by atoms with Gasteiger partial charge in [0.2, 0.25) is 5.88 Å². The van der Waals surface area contributed by atoms with E-state index in [0.717, 1.165) is 5.69 Å². The van der Waals surface area contributed by atoms with E-state index in [0.29, 0.717) is 5.88 Å². The first-order valence-electron chi connectivity index (χ1n) is 5.40. The van der Waals surface area contributed by atoms with Gasteiger partial charge in [0.05, 0.1) is 25.5 Å². The number of aromatic nitrogens is 1. The molecule has 1 aromatic heterocycles. The molecule has 0 aliphatic carbocycles. The zero-order chi connectivity index (χ0) is 12.8. The Morgan fingerprint density at radius 2 is 2.24 bits per heavy atom. The summed E-state index contributed by atoms with van der Waals surface area (Å²) in [5.74, 6) is 0.511. The molecule has 1 rings (SSSR count). The van der Waals surface area contributed by atoms with Crippen LogP contribution in [0.2, 0.25) is 0 Å². The second kappa shape index (κ2) is 6.51. The van der Waals surface area contributed by atoms with E-state index in [1.165, 1.54) is 0 Å². The minimum absolute atomic E-state index is 0.197. The summed E-state index contributed by atoms with van der Waals surface area (Å²) in [5.41, 5.74) is 6.22. The maximum Gasteiger partial charge on any atom is 0.213 e. The Bertz CT molecular complexity index is 348. The summed E-state index contributed by atoms with van der Waals surface area (Å²) in [6.07, 6.45) is -0.983. The number of nitrogens with one attached hydrogen (secondary N) is 1. The smallest absolute Gasteiger partial charge is 0.213 e. The van der Waals surface area contributed by atoms with Gasteiger partial charge in [-0.25, -0.2) is 4.98 Å². The lowest BCUT2D eigenvalue weighted by Crippen LogP contribution is -2.48. The summed E-state index contributed by atoms with van der Waals surface area (Å²) in [4.78, 5) is 4.23. The highest BCUT2D eigenvalue weighted by molar-refractivity contribution is 5.17. The second-order valence-corrected chi connectivity index (χ2v) is 3.78. The van der Waals surface area contributed by atoms with Gasteiger partial charge in [-0.15, -0.1) is 0 Å². The van der Waals surface area contributed by atoms with Crippen molar-refractivity contribution in [3.05, 3.63) is 23.9 Å². The van der Waals surface area contributed by atoms with Gasteiger partial charge < -0.3 is 20.7 Å². The molecule has 1 unspecified atom stereocenters. The number of hydrogen-bond acceptors (Lipinski definition) is 6. The fourth-order valence-electron chi connectivity index (χ4n) is 1.35. The highest BCUT2D eigenvalue weighted by atomic mass is 16.5. The van der Waals surface area contributed by atoms with Gasteiger partial charge >= 0.3 is 0 Å². The van der Waals surface area contributed by atoms with E-state index < -0.39 is 12.3 Å². The maximum absolute atomic E-state index is 9.62. The van der Waals surface area contributed by atoms with E-state index in [1.807, 2.05) is 19.1 Å². The molecule has 6 nitrogen and oxygen atoms in total. The SMILES string of the molecule is COc1cccc([C@@H](C)NC(O)[C@H](N)CO)n1. The van der Waals surface area contributed by atoms with Crippen LogP contribution >= 0.6 is 0 Å². The molecular weight excluding hydrogens is 222 g/mol. The number of rotatable bonds is 6. The number of nitrogens with two attached hydrogens (primary N) is 1. The largest absolute Gasteiger partial charge is 0.481 e. The van der Waals surface area contributed by atoms with Crippen LogP contribution in [0.4, 0.5) is 0 Å². The second-order valence-electron chi connectivity index (χ2n) is 3.78. The molecule has 6 heteroatoms. The molecule has 0 saturated heterocycles. The Morgan fingerprint density at radius 1 is 1.53 bits per heavy atom. The van der Waals surface area contributed by atoms with Crippen LogP contribution in [0, 0.1) is 0 Å². The summed E-state index contributed by atoms with van der Waals surface area (Å²) in [6, 6.07) is 4.46. The zero-order valence-electron chi connectivity index (χ0n) is 10.00. The van der Waals surface area contributed by atoms with Gasteiger partial charge in [-0.2, -0.15) is 0 Å². The van der Waals surface area contributed by atoms with E-state index >= 15 is 0 Å². The number of hydrogen-bond donors (Lipinski definition) is 4. The average molecular weight is 241 g/mol. The molecule has 17 heavy (non-hydrogen) atoms. The number of aliphatic hydroxyl groups excluding tert-OH is 2. The Labute approximate surface area is 100 Å². The fraction of sp³-hybridized carbons (Fsp3) is 0.545. The number of ether oxygens (including phenoxy) is 1. The number of methoxy groups -OCH3 is 1. The molecule has 1 heterocycles. The Hall–Kier alpha value is -1.21. The number of nitrogens with zero attached hydrogens (tertiary/aromatic N) is 1. The fourth-order valence-corrected chi connectivity index (χ4v) is 1.35. The average Bonchev–Trinajstić information content (AvgIpc) is 2.37. The van der Waals surface area contributed by atoms with Crippen LogP contribution in [0.15, 0.2) is 18.2 Å². The molecule has 0 amide bonds. The molecular formula is C11H19N3O3. The molecule has 1 aromatic rings. The van der Waals surface area contributed by atoms with Crippen molar-refractivity contribution in [2.75, 3.05) is 13.7 Å². The normalized spacial score (nSPS) is 16.3. The van der Waals surface area contributed by atoms with Gasteiger partial charge in [0.15, 0.2) is 0 Å². The van der Waals surface area contributed by atoms with E-state index in [9.17, 15) is 5.11 Å². The van der Waals surface area contributed by atoms with Crippen LogP contribution in [0.5, 0.6) is 5.88 Å². The Morgan fingerprint density at radius 3 is 2.82 bits per heavy atom. The molecule has 0 aromatic carbocycles. The van der Waals surface area contributed by atoms with Crippen molar-refractivity contribution in [2.45, 2.75) is 25.2 Å². The van der Waals surface area contributed by atoms with Crippen molar-refractivity contribution in [3.63, 3.8) is 0 Å². The summed E-state index contributed by atoms with van der Waals surface area (Å²) < 4.78 is 5.01. The first kappa shape index (κ1) is 13.9. The van der Waals surface area contributed by atoms with E-state index in [4.69, 9.17) is 15.6 Å². The molecule has 5 N–H and O–H groups in total. The summed E-state index contributed by atoms with van der Waals surface area (Å²) in [7, 11) is 1.54. The minimum atomic E-state index is -0.983. The Balaban J connectivity index is 2.65. The monoisotopic (exact) mass is 241 g/mol. The lowest BCUT2D eigenvalue weighted by atomic mass is 10.2. The Kier molecular flexibility index (Phi) is 5.30. The van der Waals surface area contributed by atoms with E-state index in [-0.39, 0.29) is 12.6 Å². The van der Waals surface area contributed by atoms with Crippen LogP contribution in [0.1, 0.15) is 18.7 Å². The molecule has 0 spiro atoms. The van der Waals surface area contributed by atoms with Crippen molar-refractivity contribution in [1.29, 1.82) is 0 Å². The van der Waals surface area contributed by atoms with E-state index in [2.05, 4.69) is 10.3 Å². The summed E-state index contributed by atoms with van der Waals surface area (Å²) in [6.45, 7) is 1.56. The van der Waals surface area contributed by atoms with Gasteiger partial charge in [-0.1, -0.05) is 6.07 Å². The highest BCUT2D eigenvalue weighted by Crippen LogP contribution is 2.14. The molecule has 0 radical (unpaired) electrons. The van der Waals surface area contributed by atoms with Crippen LogP contribution in [-0.2, 0) is 0 Å². The van der Waals surface area contributed by atoms with Crippen molar-refractivity contribution in [1.82, 2.24) is 10.3 Å². The van der Waals surface area contributed by atoms with Crippen molar-refractivity contribution < 1.29 is 14.9 Å². The van der Waals surface area contributed by atoms with Gasteiger partial charge in [-0.3, -0.25) is 5.32 Å². The molecule has 0 fully saturated rings. The molecule has 0 saturated carbocycles. The van der Waals surface area contributed by atoms with Crippen molar-refractivity contribution in [3.8, 4) is 5.88 Å². The predicted molar refractivity (Wildman–Crippen MR) is 63.4 cm³/mol. The number of pyridine rings is 1. The quantitative estimate of drug-likeness (QED) is 0.495. The van der Waals surface area contributed by atoms with Gasteiger partial charge in [0.1, 0.15) is 6.23 Å². The third-order valence-electron chi connectivity index (χ3n) is 2.43. The summed E-state index contributed by atoms with van der Waals surface area (Å²) in [5, 5.41) is 21.3. The first-order valence-corrected chi connectivity index (χ1v) is 5.40. The van der Waals surface area contributed by atoms with Gasteiger partial charge in [0, 0.05) is 12.1 Å². The molecule has 0 bridgehead atoms. The lowest BCUT2D eigenvalue weighted by Gasteiger charge is -2.22. The van der Waals surface area contributed by atoms with Crippen molar-refractivity contribution in [2.24, 2.45) is 5.73 Å². The van der Waals surface area contributed by atoms with Crippen LogP contribution < -0.4 is 15.8 Å². The highest BCUT2D eigenvalue weighted by Gasteiger charge is 2.17. The summed E-state index contributed by atoms with van der Waals surface area (Å²) >= 11 is 0. The number of aliphatic hydroxyl groups is 2. The first-order chi connectivity index (χ1) is 8.08. The maximum atomic E-state index is 9.62. The lowest BCUT2D eigenvalue weighted by molar-refractivity contribution is 0.0711. The third-order valence-corrected chi connectivity index (χ3v) is 2.43. The minimum Gasteiger partial charge on any atom is -0.481 e. The molecule has 3 atom stereocenters. The topological polar surface area (TPSA) is 101 Å². The zero-order valence-corrected chi connectivity index (χ0v) is 10.00. The van der Waals surface area contributed by atoms with Gasteiger partial charge in [-0.05, 0) is 13.0 Å². The molecule has 0 aliphatic heterocycles. The van der Waals surface area contributed by atoms with E-state index in [1.54, 1.807) is 13.2 Å². The van der Waals surface area contributed by atoms with Crippen LogP contribution in [-0.4, -0.2) is 41.2 Å². The standard InChI is InChI=1S/C11H19N3O3/c1-7(13-11(16)8(12)6-15)9-4-3-5-10(14-9)17-2/h3-5,7-8,11,13,15-16H,6,12H2,1-2H3/t7-,8-,11?/m1/s1. The van der Waals surface area contributed by atoms with Crippen molar-refractivity contribution >= 4 is 0 Å². The predicted octanol–water partition coefficient (Wildman–Crippen LogP) is -0.621. The molecule has 96 valence electrons. The van der Waals surface area contributed by atoms with Crippen LogP contribution in [0.25, 0.3) is 0 Å². The van der Waals surface area contributed by atoms with Crippen LogP contribution in [0.3, 0.4) is 0 Å².